The molecule has 0 saturated carbocycles. The predicted molar refractivity (Wildman–Crippen MR) is 44.3 cm³/mol. The van der Waals surface area contributed by atoms with Gasteiger partial charge in [-0.3, -0.25) is 4.79 Å². The predicted octanol–water partition coefficient (Wildman–Crippen LogP) is 2.96. The minimum atomic E-state index is -4.59. The summed E-state index contributed by atoms with van der Waals surface area (Å²) in [6.45, 7) is 1.16. The van der Waals surface area contributed by atoms with Gasteiger partial charge in [0.05, 0.1) is 0 Å². The molecule has 14 heavy (non-hydrogen) atoms. The number of ketones is 1. The number of rotatable bonds is 1. The van der Waals surface area contributed by atoms with Crippen LogP contribution in [0.3, 0.4) is 0 Å². The van der Waals surface area contributed by atoms with Crippen LogP contribution in [0.5, 0.6) is 0 Å². The quantitative estimate of drug-likeness (QED) is 0.541. The molecule has 1 heterocycles. The van der Waals surface area contributed by atoms with Crippen LogP contribution < -0.4 is 0 Å². The van der Waals surface area contributed by atoms with Gasteiger partial charge < -0.3 is 0 Å². The van der Waals surface area contributed by atoms with E-state index in [1.807, 2.05) is 0 Å². The highest BCUT2D eigenvalue weighted by Crippen LogP contribution is 2.29. The van der Waals surface area contributed by atoms with E-state index < -0.39 is 17.7 Å². The van der Waals surface area contributed by atoms with Crippen molar-refractivity contribution in [1.29, 1.82) is 0 Å². The van der Waals surface area contributed by atoms with E-state index in [9.17, 15) is 18.0 Å². The molecule has 0 aromatic carbocycles. The molecule has 0 aliphatic rings. The SMILES string of the molecule is CC(=O)c1cc(Cl)nc(C(F)(F)F)c1. The van der Waals surface area contributed by atoms with Crippen LogP contribution in [0.4, 0.5) is 13.2 Å². The third-order valence-corrected chi connectivity index (χ3v) is 1.68. The fourth-order valence-corrected chi connectivity index (χ4v) is 1.05. The highest BCUT2D eigenvalue weighted by Gasteiger charge is 2.33. The summed E-state index contributed by atoms with van der Waals surface area (Å²) >= 11 is 5.34. The van der Waals surface area contributed by atoms with Gasteiger partial charge in [0, 0.05) is 5.56 Å². The van der Waals surface area contributed by atoms with E-state index in [1.54, 1.807) is 0 Å². The second-order valence-corrected chi connectivity index (χ2v) is 3.00. The number of carbonyl (C=O) groups excluding carboxylic acids is 1. The molecule has 1 aromatic heterocycles. The number of Topliss-reactive ketones (excluding diaryl/α,β-unsaturated/α-hetero) is 1. The van der Waals surface area contributed by atoms with Gasteiger partial charge in [0.1, 0.15) is 10.8 Å². The Kier molecular flexibility index (Phi) is 2.80. The van der Waals surface area contributed by atoms with Crippen LogP contribution in [0.1, 0.15) is 23.0 Å². The summed E-state index contributed by atoms with van der Waals surface area (Å²) in [6, 6.07) is 1.77. The molecule has 0 unspecified atom stereocenters. The molecule has 0 bridgehead atoms. The van der Waals surface area contributed by atoms with E-state index in [0.717, 1.165) is 13.0 Å². The van der Waals surface area contributed by atoms with Crippen molar-refractivity contribution in [1.82, 2.24) is 4.98 Å². The lowest BCUT2D eigenvalue weighted by Crippen LogP contribution is -2.09. The smallest absolute Gasteiger partial charge is 0.295 e. The van der Waals surface area contributed by atoms with E-state index in [-0.39, 0.29) is 10.7 Å². The lowest BCUT2D eigenvalue weighted by Gasteiger charge is -2.06. The maximum atomic E-state index is 12.2. The molecular weight excluding hydrogens is 219 g/mol. The van der Waals surface area contributed by atoms with Crippen molar-refractivity contribution in [3.63, 3.8) is 0 Å². The van der Waals surface area contributed by atoms with Crippen LogP contribution in [0.15, 0.2) is 12.1 Å². The molecule has 0 amide bonds. The lowest BCUT2D eigenvalue weighted by atomic mass is 10.1. The van der Waals surface area contributed by atoms with Gasteiger partial charge in [-0.15, -0.1) is 0 Å². The Morgan fingerprint density at radius 3 is 2.43 bits per heavy atom. The average molecular weight is 224 g/mol. The normalized spacial score (nSPS) is 11.5. The number of nitrogens with zero attached hydrogens (tertiary/aromatic N) is 1. The van der Waals surface area contributed by atoms with Gasteiger partial charge in [-0.2, -0.15) is 13.2 Å². The standard InChI is InChI=1S/C8H5ClF3NO/c1-4(14)5-2-6(8(10,11)12)13-7(9)3-5/h2-3H,1H3. The molecule has 0 aliphatic carbocycles. The molecule has 0 fully saturated rings. The Bertz CT molecular complexity index is 375. The fourth-order valence-electron chi connectivity index (χ4n) is 0.845. The number of aromatic nitrogens is 1. The highest BCUT2D eigenvalue weighted by atomic mass is 35.5. The Labute approximate surface area is 82.7 Å². The third-order valence-electron chi connectivity index (χ3n) is 1.49. The molecule has 76 valence electrons. The molecule has 2 nitrogen and oxygen atoms in total. The molecule has 0 N–H and O–H groups in total. The summed E-state index contributed by atoms with van der Waals surface area (Å²) < 4.78 is 36.5. The molecule has 0 atom stereocenters. The van der Waals surface area contributed by atoms with E-state index in [4.69, 9.17) is 11.6 Å². The molecule has 1 rings (SSSR count). The number of hydrogen-bond donors (Lipinski definition) is 0. The molecule has 0 saturated heterocycles. The Morgan fingerprint density at radius 1 is 1.43 bits per heavy atom. The number of alkyl halides is 3. The topological polar surface area (TPSA) is 30.0 Å². The summed E-state index contributed by atoms with van der Waals surface area (Å²) in [4.78, 5) is 13.9. The van der Waals surface area contributed by atoms with E-state index in [1.165, 1.54) is 0 Å². The van der Waals surface area contributed by atoms with Crippen molar-refractivity contribution in [3.05, 3.63) is 28.5 Å². The van der Waals surface area contributed by atoms with Gasteiger partial charge in [-0.05, 0) is 19.1 Å². The van der Waals surface area contributed by atoms with Gasteiger partial charge in [0.15, 0.2) is 5.78 Å². The van der Waals surface area contributed by atoms with Crippen molar-refractivity contribution in [2.24, 2.45) is 0 Å². The molecule has 0 radical (unpaired) electrons. The molecule has 0 aliphatic heterocycles. The second-order valence-electron chi connectivity index (χ2n) is 2.62. The summed E-state index contributed by atoms with van der Waals surface area (Å²) in [7, 11) is 0. The monoisotopic (exact) mass is 223 g/mol. The maximum Gasteiger partial charge on any atom is 0.433 e. The first-order chi connectivity index (χ1) is 6.30. The Hall–Kier alpha value is -1.10. The lowest BCUT2D eigenvalue weighted by molar-refractivity contribution is -0.141. The molecule has 0 spiro atoms. The first-order valence-electron chi connectivity index (χ1n) is 3.56. The zero-order chi connectivity index (χ0) is 10.9. The summed E-state index contributed by atoms with van der Waals surface area (Å²) in [5.41, 5.74) is -1.26. The summed E-state index contributed by atoms with van der Waals surface area (Å²) in [5.74, 6) is -0.486. The minimum Gasteiger partial charge on any atom is -0.295 e. The third kappa shape index (κ3) is 2.45. The van der Waals surface area contributed by atoms with Crippen LogP contribution in [-0.2, 0) is 6.18 Å². The first kappa shape index (κ1) is 11.0. The van der Waals surface area contributed by atoms with Gasteiger partial charge in [0.25, 0.3) is 0 Å². The van der Waals surface area contributed by atoms with E-state index in [2.05, 4.69) is 4.98 Å². The Morgan fingerprint density at radius 2 is 2.00 bits per heavy atom. The van der Waals surface area contributed by atoms with Crippen molar-refractivity contribution >= 4 is 17.4 Å². The fraction of sp³-hybridized carbons (Fsp3) is 0.250. The summed E-state index contributed by atoms with van der Waals surface area (Å²) in [6.07, 6.45) is -4.59. The first-order valence-corrected chi connectivity index (χ1v) is 3.94. The largest absolute Gasteiger partial charge is 0.433 e. The van der Waals surface area contributed by atoms with Crippen molar-refractivity contribution in [2.75, 3.05) is 0 Å². The van der Waals surface area contributed by atoms with Crippen LogP contribution in [-0.4, -0.2) is 10.8 Å². The van der Waals surface area contributed by atoms with Crippen LogP contribution in [0.25, 0.3) is 0 Å². The van der Waals surface area contributed by atoms with Crippen molar-refractivity contribution in [2.45, 2.75) is 13.1 Å². The van der Waals surface area contributed by atoms with Crippen LogP contribution in [0.2, 0.25) is 5.15 Å². The van der Waals surface area contributed by atoms with Crippen LogP contribution in [0, 0.1) is 0 Å². The zero-order valence-electron chi connectivity index (χ0n) is 7.02. The average Bonchev–Trinajstić information content (AvgIpc) is 2.01. The van der Waals surface area contributed by atoms with Gasteiger partial charge in [-0.1, -0.05) is 11.6 Å². The Balaban J connectivity index is 3.28. The van der Waals surface area contributed by atoms with Gasteiger partial charge >= 0.3 is 6.18 Å². The number of pyridine rings is 1. The van der Waals surface area contributed by atoms with E-state index in [0.29, 0.717) is 6.07 Å². The number of carbonyl (C=O) groups is 1. The molecule has 6 heteroatoms. The summed E-state index contributed by atoms with van der Waals surface area (Å²) in [5, 5.41) is -0.343. The van der Waals surface area contributed by atoms with E-state index >= 15 is 0 Å². The van der Waals surface area contributed by atoms with Crippen molar-refractivity contribution < 1.29 is 18.0 Å². The maximum absolute atomic E-state index is 12.2. The number of hydrogen-bond acceptors (Lipinski definition) is 2. The second kappa shape index (κ2) is 3.57. The number of halogens is 4. The van der Waals surface area contributed by atoms with Crippen molar-refractivity contribution in [3.8, 4) is 0 Å². The van der Waals surface area contributed by atoms with Gasteiger partial charge in [-0.25, -0.2) is 4.98 Å². The van der Waals surface area contributed by atoms with Gasteiger partial charge in [0.2, 0.25) is 0 Å². The molecule has 1 aromatic rings. The minimum absolute atomic E-state index is 0.0997. The molecular formula is C8H5ClF3NO. The zero-order valence-corrected chi connectivity index (χ0v) is 7.78. The van der Waals surface area contributed by atoms with Crippen LogP contribution >= 0.6 is 11.6 Å². The highest BCUT2D eigenvalue weighted by molar-refractivity contribution is 6.29.